The third-order valence-corrected chi connectivity index (χ3v) is 5.46. The zero-order valence-corrected chi connectivity index (χ0v) is 42.3. The quantitative estimate of drug-likeness (QED) is 0.0939. The normalized spacial score (nSPS) is 9.76. The molecule has 0 bridgehead atoms. The zero-order chi connectivity index (χ0) is 35.8. The summed E-state index contributed by atoms with van der Waals surface area (Å²) in [7, 11) is -3.34. The molecule has 0 amide bonds. The van der Waals surface area contributed by atoms with Crippen LogP contribution in [0.15, 0.2) is 23.3 Å². The van der Waals surface area contributed by atoms with Crippen molar-refractivity contribution < 1.29 is 90.5 Å². The molecule has 0 fully saturated rings. The Labute approximate surface area is 365 Å². The van der Waals surface area contributed by atoms with Crippen molar-refractivity contribution in [3.8, 4) is 0 Å². The summed E-state index contributed by atoms with van der Waals surface area (Å²) in [6.07, 6.45) is 8.31. The van der Waals surface area contributed by atoms with Gasteiger partial charge in [0, 0.05) is 12.2 Å². The Morgan fingerprint density at radius 2 is 0.824 bits per heavy atom. The predicted molar refractivity (Wildman–Crippen MR) is 217 cm³/mol. The summed E-state index contributed by atoms with van der Waals surface area (Å²) in [4.78, 5) is 21.9. The van der Waals surface area contributed by atoms with Gasteiger partial charge in [-0.05, 0) is 39.8 Å². The van der Waals surface area contributed by atoms with Crippen LogP contribution >= 0.6 is 0 Å². The summed E-state index contributed by atoms with van der Waals surface area (Å²) >= 11 is 0. The Balaban J connectivity index is -0.0000000449. The van der Waals surface area contributed by atoms with Crippen molar-refractivity contribution in [1.82, 2.24) is 0 Å². The van der Waals surface area contributed by atoms with Crippen LogP contribution in [0.4, 0.5) is 0 Å². The van der Waals surface area contributed by atoms with Crippen molar-refractivity contribution in [3.05, 3.63) is 58.8 Å². The van der Waals surface area contributed by atoms with E-state index in [1.54, 1.807) is 12.2 Å². The largest absolute Gasteiger partial charge is 2.00 e. The van der Waals surface area contributed by atoms with Crippen LogP contribution in [0.5, 0.6) is 0 Å². The fourth-order valence-electron chi connectivity index (χ4n) is 3.77. The van der Waals surface area contributed by atoms with E-state index in [0.29, 0.717) is 31.5 Å². The van der Waals surface area contributed by atoms with Gasteiger partial charge in [-0.25, -0.2) is 0 Å². The Hall–Kier alpha value is 0.755. The Kier molecular flexibility index (Phi) is 73.8. The summed E-state index contributed by atoms with van der Waals surface area (Å²) in [5.74, 6) is 7.78. The number of ketones is 2. The molecule has 0 unspecified atom stereocenters. The maximum atomic E-state index is 11.0. The van der Waals surface area contributed by atoms with Gasteiger partial charge in [0.2, 0.25) is 0 Å². The van der Waals surface area contributed by atoms with E-state index < -0.39 is 10.1 Å². The number of carbonyl (C=O) groups is 2. The van der Waals surface area contributed by atoms with Gasteiger partial charge in [-0.1, -0.05) is 40.9 Å². The Morgan fingerprint density at radius 3 is 1.00 bits per heavy atom. The summed E-state index contributed by atoms with van der Waals surface area (Å²) in [5, 5.41) is 9.35. The first-order chi connectivity index (χ1) is 19.8. The second-order valence-corrected chi connectivity index (χ2v) is 15.5. The van der Waals surface area contributed by atoms with E-state index in [-0.39, 0.29) is 111 Å². The van der Waals surface area contributed by atoms with Crippen LogP contribution in [0, 0.1) is 35.5 Å². The average Bonchev–Trinajstić information content (AvgIpc) is 2.69. The van der Waals surface area contributed by atoms with E-state index in [9.17, 15) is 23.1 Å². The van der Waals surface area contributed by atoms with E-state index >= 15 is 0 Å². The van der Waals surface area contributed by atoms with Crippen molar-refractivity contribution in [1.29, 1.82) is 0 Å². The minimum atomic E-state index is -3.34. The number of carbonyl (C=O) groups excluding carboxylic acids is 2. The topological polar surface area (TPSA) is 97.7 Å². The van der Waals surface area contributed by atoms with Gasteiger partial charge in [-0.15, -0.1) is 12.8 Å². The second kappa shape index (κ2) is 46.9. The van der Waals surface area contributed by atoms with Crippen molar-refractivity contribution in [2.45, 2.75) is 191 Å². The van der Waals surface area contributed by atoms with E-state index in [1.807, 2.05) is 111 Å². The van der Waals surface area contributed by atoms with Crippen LogP contribution in [0.2, 0.25) is 0 Å². The molecule has 6 nitrogen and oxygen atoms in total. The summed E-state index contributed by atoms with van der Waals surface area (Å²) in [6.45, 7) is 31.7. The molecule has 1 N–H and O–H groups in total. The molecule has 0 saturated heterocycles. The molecule has 0 spiro atoms. The standard InChI is InChI=1S/C10H20O3S.C9H18O.C9H16O.C9H14O.4CH4.3W/c1-8(2)6-10(7-9(3)4)13-14(5,11)12;3*1-7(2)5-9(10)6-8(3)4;;;;;;;/h10H,6-7H2,1-5H3;9-10H,5-6H2,1-4H3;5-6H2,1-4H3;5-6H,1-4H3;4*1H4;;;/q3*-2;;;;;;3*+2. The molecule has 0 aromatic heterocycles. The van der Waals surface area contributed by atoms with Gasteiger partial charge < -0.3 is 45.4 Å². The number of Topliss-reactive ketones (excluding diaryl/α,β-unsaturated/α-hetero) is 1. The van der Waals surface area contributed by atoms with Gasteiger partial charge in [0.05, 0.1) is 12.0 Å². The first-order valence-electron chi connectivity index (χ1n) is 15.4. The van der Waals surface area contributed by atoms with E-state index in [4.69, 9.17) is 4.18 Å². The average molecular weight is 1260 g/mol. The number of aliphatic hydroxyl groups excluding tert-OH is 1. The molecule has 0 aromatic rings. The summed E-state index contributed by atoms with van der Waals surface area (Å²) in [6, 6.07) is 0. The smallest absolute Gasteiger partial charge is 0.398 e. The maximum Gasteiger partial charge on any atom is 2.00 e. The van der Waals surface area contributed by atoms with Gasteiger partial charge in [0.1, 0.15) is 0 Å². The molecule has 0 saturated carbocycles. The van der Waals surface area contributed by atoms with Crippen molar-refractivity contribution >= 4 is 21.7 Å². The predicted octanol–water partition coefficient (Wildman–Crippen LogP) is 12.3. The fraction of sp³-hybridized carbons (Fsp3) is 0.707. The number of rotatable bonds is 16. The van der Waals surface area contributed by atoms with E-state index in [1.165, 1.54) is 35.5 Å². The molecule has 10 heteroatoms. The molecule has 51 heavy (non-hydrogen) atoms. The molecule has 0 rings (SSSR count). The number of aliphatic hydroxyl groups is 1. The van der Waals surface area contributed by atoms with Crippen LogP contribution in [-0.2, 0) is 87.1 Å². The van der Waals surface area contributed by atoms with E-state index in [0.717, 1.165) is 30.2 Å². The minimum Gasteiger partial charge on any atom is -0.398 e. The molecule has 0 aliphatic rings. The minimum absolute atomic E-state index is 0. The summed E-state index contributed by atoms with van der Waals surface area (Å²) in [5.41, 5.74) is 2.09. The van der Waals surface area contributed by atoms with Crippen LogP contribution in [-0.4, -0.2) is 43.6 Å². The molecule has 0 radical (unpaired) electrons. The van der Waals surface area contributed by atoms with Crippen molar-refractivity contribution in [3.63, 3.8) is 0 Å². The third kappa shape index (κ3) is 84.6. The summed E-state index contributed by atoms with van der Waals surface area (Å²) < 4.78 is 26.9. The van der Waals surface area contributed by atoms with Gasteiger partial charge in [0.25, 0.3) is 10.1 Å². The van der Waals surface area contributed by atoms with Crippen LogP contribution in [0.25, 0.3) is 0 Å². The number of allylic oxidation sites excluding steroid dienone is 4. The molecule has 0 atom stereocenters. The first-order valence-corrected chi connectivity index (χ1v) is 17.2. The van der Waals surface area contributed by atoms with Crippen LogP contribution < -0.4 is 0 Å². The third-order valence-electron chi connectivity index (χ3n) is 4.83. The van der Waals surface area contributed by atoms with Crippen LogP contribution in [0.3, 0.4) is 0 Å². The van der Waals surface area contributed by atoms with Crippen molar-refractivity contribution in [2.24, 2.45) is 0 Å². The Morgan fingerprint density at radius 1 is 0.569 bits per heavy atom. The molecule has 0 aliphatic heterocycles. The van der Waals surface area contributed by atoms with E-state index in [2.05, 4.69) is 0 Å². The molecule has 308 valence electrons. The monoisotopic (exact) mass is 1260 g/mol. The fourth-order valence-corrected chi connectivity index (χ4v) is 4.41. The molecular formula is C41H84O6SW3. The molecule has 0 aromatic carbocycles. The van der Waals surface area contributed by atoms with Gasteiger partial charge in [-0.3, -0.25) is 8.98 Å². The number of hydrogen-bond donors (Lipinski definition) is 1. The van der Waals surface area contributed by atoms with Crippen LogP contribution in [0.1, 0.15) is 179 Å². The molecular weight excluding hydrogens is 1170 g/mol. The Bertz CT molecular complexity index is 850. The second-order valence-electron chi connectivity index (χ2n) is 13.9. The van der Waals surface area contributed by atoms with Gasteiger partial charge in [-0.2, -0.15) is 117 Å². The molecule has 0 heterocycles. The SMILES string of the molecule is C.C.C.C.CC(C)=CC(=O)C=C(C)C.C[C-](C)CC(=O)C[C-](C)C.C[C-](C)CC(C[C-](C)C)OS(C)(=O)=O.C[C-](C)CC(O)C[C-](C)C.[W+2].[W+2].[W+2]. The maximum absolute atomic E-state index is 11.0. The van der Waals surface area contributed by atoms with Gasteiger partial charge >= 0.3 is 63.2 Å². The number of hydrogen-bond acceptors (Lipinski definition) is 6. The zero-order valence-electron chi connectivity index (χ0n) is 32.7. The van der Waals surface area contributed by atoms with Crippen molar-refractivity contribution in [2.75, 3.05) is 6.26 Å². The molecule has 0 aliphatic carbocycles. The first kappa shape index (κ1) is 80.3. The van der Waals surface area contributed by atoms with Gasteiger partial charge in [0.15, 0.2) is 5.78 Å².